The van der Waals surface area contributed by atoms with Gasteiger partial charge in [-0.3, -0.25) is 9.59 Å². The Bertz CT molecular complexity index is 904. The maximum absolute atomic E-state index is 12.7. The zero-order valence-electron chi connectivity index (χ0n) is 12.5. The first kappa shape index (κ1) is 14.8. The summed E-state index contributed by atoms with van der Waals surface area (Å²) < 4.78 is 11.0. The maximum Gasteiger partial charge on any atom is 0.211 e. The number of hydrogen-bond donors (Lipinski definition) is 1. The molecule has 0 spiro atoms. The molecular formula is C18H12ClNO4. The third-order valence-corrected chi connectivity index (χ3v) is 4.23. The number of nitrogens with one attached hydrogen (secondary N) is 1. The molecule has 2 aliphatic rings. The van der Waals surface area contributed by atoms with Crippen molar-refractivity contribution in [1.82, 2.24) is 0 Å². The smallest absolute Gasteiger partial charge is 0.211 e. The lowest BCUT2D eigenvalue weighted by Crippen LogP contribution is -2.24. The topological polar surface area (TPSA) is 64.6 Å². The average Bonchev–Trinajstić information content (AvgIpc) is 2.63. The van der Waals surface area contributed by atoms with E-state index in [1.807, 2.05) is 0 Å². The molecule has 120 valence electrons. The van der Waals surface area contributed by atoms with Crippen LogP contribution in [0.2, 0.25) is 0 Å². The van der Waals surface area contributed by atoms with E-state index in [-0.39, 0.29) is 22.3 Å². The number of carbonyl (C=O) groups excluding carboxylic acids is 2. The molecule has 0 unspecified atom stereocenters. The van der Waals surface area contributed by atoms with E-state index in [2.05, 4.69) is 5.32 Å². The van der Waals surface area contributed by atoms with Crippen molar-refractivity contribution in [2.75, 3.05) is 18.5 Å². The van der Waals surface area contributed by atoms with E-state index in [9.17, 15) is 9.59 Å². The van der Waals surface area contributed by atoms with Crippen LogP contribution in [0.1, 0.15) is 20.7 Å². The van der Waals surface area contributed by atoms with Gasteiger partial charge in [-0.15, -0.1) is 0 Å². The molecular weight excluding hydrogens is 330 g/mol. The Morgan fingerprint density at radius 2 is 1.54 bits per heavy atom. The second-order valence-corrected chi connectivity index (χ2v) is 5.75. The van der Waals surface area contributed by atoms with Gasteiger partial charge in [0.2, 0.25) is 11.6 Å². The largest absolute Gasteiger partial charge is 0.486 e. The van der Waals surface area contributed by atoms with Gasteiger partial charge < -0.3 is 14.8 Å². The molecule has 0 radical (unpaired) electrons. The molecule has 1 aliphatic carbocycles. The molecule has 4 rings (SSSR count). The van der Waals surface area contributed by atoms with Crippen molar-refractivity contribution >= 4 is 28.9 Å². The summed E-state index contributed by atoms with van der Waals surface area (Å²) in [6.45, 7) is 0.964. The summed E-state index contributed by atoms with van der Waals surface area (Å²) in [5.41, 5.74) is 1.32. The number of Topliss-reactive ketones (excluding diaryl/α,β-unsaturated/α-hetero) is 2. The lowest BCUT2D eigenvalue weighted by atomic mass is 9.92. The van der Waals surface area contributed by atoms with Gasteiger partial charge in [0.25, 0.3) is 0 Å². The summed E-state index contributed by atoms with van der Waals surface area (Å²) in [4.78, 5) is 25.0. The number of carbonyl (C=O) groups is 2. The normalized spacial score (nSPS) is 16.0. The minimum Gasteiger partial charge on any atom is -0.486 e. The molecule has 0 aromatic heterocycles. The first-order valence-electron chi connectivity index (χ1n) is 7.40. The van der Waals surface area contributed by atoms with E-state index in [1.165, 1.54) is 0 Å². The number of fused-ring (bicyclic) bond motifs is 2. The number of ether oxygens (including phenoxy) is 2. The molecule has 1 heterocycles. The third kappa shape index (κ3) is 2.34. The molecule has 2 aromatic carbocycles. The second-order valence-electron chi connectivity index (χ2n) is 5.38. The molecule has 5 nitrogen and oxygen atoms in total. The van der Waals surface area contributed by atoms with E-state index in [0.29, 0.717) is 41.5 Å². The van der Waals surface area contributed by atoms with Crippen LogP contribution in [0.5, 0.6) is 11.5 Å². The molecule has 2 aromatic rings. The third-order valence-electron chi connectivity index (χ3n) is 3.87. The fourth-order valence-corrected chi connectivity index (χ4v) is 2.96. The summed E-state index contributed by atoms with van der Waals surface area (Å²) in [5, 5.41) is 2.83. The molecule has 24 heavy (non-hydrogen) atoms. The summed E-state index contributed by atoms with van der Waals surface area (Å²) in [6.07, 6.45) is 0. The molecule has 0 bridgehead atoms. The summed E-state index contributed by atoms with van der Waals surface area (Å²) in [7, 11) is 0. The van der Waals surface area contributed by atoms with Crippen molar-refractivity contribution < 1.29 is 19.1 Å². The molecule has 0 fully saturated rings. The van der Waals surface area contributed by atoms with Crippen molar-refractivity contribution in [2.45, 2.75) is 0 Å². The zero-order valence-corrected chi connectivity index (χ0v) is 13.2. The number of halogens is 1. The monoisotopic (exact) mass is 341 g/mol. The van der Waals surface area contributed by atoms with Gasteiger partial charge in [-0.25, -0.2) is 0 Å². The van der Waals surface area contributed by atoms with Crippen LogP contribution in [0.25, 0.3) is 0 Å². The van der Waals surface area contributed by atoms with Gasteiger partial charge in [-0.1, -0.05) is 35.9 Å². The van der Waals surface area contributed by atoms with Gasteiger partial charge in [0.05, 0.1) is 0 Å². The first-order valence-corrected chi connectivity index (χ1v) is 7.78. The van der Waals surface area contributed by atoms with Gasteiger partial charge >= 0.3 is 0 Å². The van der Waals surface area contributed by atoms with E-state index >= 15 is 0 Å². The van der Waals surface area contributed by atoms with Crippen LogP contribution in [0.15, 0.2) is 53.2 Å². The number of ketones is 2. The summed E-state index contributed by atoms with van der Waals surface area (Å²) in [5.74, 6) is 0.540. The van der Waals surface area contributed by atoms with Gasteiger partial charge in [0, 0.05) is 22.9 Å². The number of benzene rings is 2. The molecule has 6 heteroatoms. The van der Waals surface area contributed by atoms with Crippen LogP contribution in [0.4, 0.5) is 5.69 Å². The Hall–Kier alpha value is -2.79. The molecule has 0 amide bonds. The van der Waals surface area contributed by atoms with E-state index in [4.69, 9.17) is 21.1 Å². The highest BCUT2D eigenvalue weighted by Crippen LogP contribution is 2.35. The predicted octanol–water partition coefficient (Wildman–Crippen LogP) is 3.40. The van der Waals surface area contributed by atoms with Crippen molar-refractivity contribution in [2.24, 2.45) is 0 Å². The second kappa shape index (κ2) is 5.69. The Kier molecular flexibility index (Phi) is 3.50. The number of hydrogen-bond acceptors (Lipinski definition) is 5. The molecule has 0 saturated heterocycles. The van der Waals surface area contributed by atoms with Crippen LogP contribution >= 0.6 is 11.6 Å². The van der Waals surface area contributed by atoms with Crippen molar-refractivity contribution in [3.63, 3.8) is 0 Å². The summed E-state index contributed by atoms with van der Waals surface area (Å²) in [6, 6.07) is 11.8. The predicted molar refractivity (Wildman–Crippen MR) is 89.0 cm³/mol. The Balaban J connectivity index is 1.71. The van der Waals surface area contributed by atoms with Gasteiger partial charge in [-0.05, 0) is 12.1 Å². The fraction of sp³-hybridized carbons (Fsp3) is 0.111. The van der Waals surface area contributed by atoms with Crippen molar-refractivity contribution in [3.8, 4) is 11.5 Å². The Morgan fingerprint density at radius 1 is 0.875 bits per heavy atom. The Morgan fingerprint density at radius 3 is 2.29 bits per heavy atom. The minimum absolute atomic E-state index is 0.0667. The maximum atomic E-state index is 12.7. The van der Waals surface area contributed by atoms with Crippen LogP contribution in [-0.4, -0.2) is 24.8 Å². The van der Waals surface area contributed by atoms with Crippen molar-refractivity contribution in [1.29, 1.82) is 0 Å². The minimum atomic E-state index is -0.369. The lowest BCUT2D eigenvalue weighted by molar-refractivity contribution is 0.0982. The fourth-order valence-electron chi connectivity index (χ4n) is 2.72. The molecule has 1 N–H and O–H groups in total. The number of anilines is 1. The van der Waals surface area contributed by atoms with Crippen LogP contribution in [-0.2, 0) is 0 Å². The van der Waals surface area contributed by atoms with Crippen LogP contribution in [0.3, 0.4) is 0 Å². The quantitative estimate of drug-likeness (QED) is 0.907. The highest BCUT2D eigenvalue weighted by Gasteiger charge is 2.31. The van der Waals surface area contributed by atoms with Crippen molar-refractivity contribution in [3.05, 3.63) is 64.3 Å². The van der Waals surface area contributed by atoms with Gasteiger partial charge in [-0.2, -0.15) is 0 Å². The zero-order chi connectivity index (χ0) is 16.7. The van der Waals surface area contributed by atoms with E-state index in [1.54, 1.807) is 42.5 Å². The highest BCUT2D eigenvalue weighted by molar-refractivity contribution is 6.50. The first-order chi connectivity index (χ1) is 11.6. The highest BCUT2D eigenvalue weighted by atomic mass is 35.5. The van der Waals surface area contributed by atoms with E-state index in [0.717, 1.165) is 0 Å². The SMILES string of the molecule is O=C1C(Cl)=C(Nc2ccc3c(c2)OCCO3)C(=O)c2ccccc21. The summed E-state index contributed by atoms with van der Waals surface area (Å²) >= 11 is 6.14. The molecule has 1 aliphatic heterocycles. The average molecular weight is 342 g/mol. The van der Waals surface area contributed by atoms with Gasteiger partial charge in [0.1, 0.15) is 23.9 Å². The van der Waals surface area contributed by atoms with E-state index < -0.39 is 0 Å². The number of allylic oxidation sites excluding steroid dienone is 2. The number of rotatable bonds is 2. The molecule has 0 saturated carbocycles. The van der Waals surface area contributed by atoms with Crippen LogP contribution in [0, 0.1) is 0 Å². The lowest BCUT2D eigenvalue weighted by Gasteiger charge is -2.21. The Labute approximate surface area is 142 Å². The van der Waals surface area contributed by atoms with Crippen LogP contribution < -0.4 is 14.8 Å². The molecule has 0 atom stereocenters. The van der Waals surface area contributed by atoms with Gasteiger partial charge in [0.15, 0.2) is 11.5 Å². The standard InChI is InChI=1S/C18H12ClNO4/c19-15-16(18(22)12-4-2-1-3-11(12)17(15)21)20-10-5-6-13-14(9-10)24-8-7-23-13/h1-6,9,20H,7-8H2.